The quantitative estimate of drug-likeness (QED) is 0.662. The molecule has 0 spiro atoms. The van der Waals surface area contributed by atoms with E-state index in [1.54, 1.807) is 0 Å². The van der Waals surface area contributed by atoms with E-state index >= 15 is 0 Å². The highest BCUT2D eigenvalue weighted by atomic mass is 16.2. The molecule has 1 aliphatic heterocycles. The summed E-state index contributed by atoms with van der Waals surface area (Å²) in [5.41, 5.74) is -0.126. The first kappa shape index (κ1) is 11.1. The predicted octanol–water partition coefficient (Wildman–Crippen LogP) is -1.19. The first-order chi connectivity index (χ1) is 7.65. The molecule has 0 amide bonds. The zero-order chi connectivity index (χ0) is 11.5. The van der Waals surface area contributed by atoms with Gasteiger partial charge in [0.05, 0.1) is 0 Å². The summed E-state index contributed by atoms with van der Waals surface area (Å²) in [6.45, 7) is 4.53. The Labute approximate surface area is 92.9 Å². The highest BCUT2D eigenvalue weighted by molar-refractivity contribution is 5.03. The topological polar surface area (TPSA) is 72.2 Å². The number of nitrogens with zero attached hydrogens (tertiary/aromatic N) is 2. The first-order valence-corrected chi connectivity index (χ1v) is 5.37. The van der Waals surface area contributed by atoms with Crippen LogP contribution in [0.5, 0.6) is 0 Å². The van der Waals surface area contributed by atoms with Crippen molar-refractivity contribution in [1.29, 1.82) is 0 Å². The van der Waals surface area contributed by atoms with Gasteiger partial charge in [0.25, 0.3) is 5.56 Å². The third kappa shape index (κ3) is 2.59. The van der Waals surface area contributed by atoms with Gasteiger partial charge in [-0.2, -0.15) is 0 Å². The highest BCUT2D eigenvalue weighted by Crippen LogP contribution is 2.02. The van der Waals surface area contributed by atoms with Crippen LogP contribution in [-0.4, -0.2) is 53.0 Å². The van der Waals surface area contributed by atoms with Crippen molar-refractivity contribution in [2.75, 3.05) is 33.2 Å². The van der Waals surface area contributed by atoms with Crippen molar-refractivity contribution in [3.8, 4) is 0 Å². The third-order valence-corrected chi connectivity index (χ3v) is 2.89. The maximum Gasteiger partial charge on any atom is 0.325 e. The second kappa shape index (κ2) is 4.63. The zero-order valence-electron chi connectivity index (χ0n) is 9.32. The number of hydrogen-bond acceptors (Lipinski definition) is 4. The van der Waals surface area contributed by atoms with Crippen LogP contribution in [0.2, 0.25) is 0 Å². The van der Waals surface area contributed by atoms with E-state index in [-0.39, 0.29) is 5.56 Å². The van der Waals surface area contributed by atoms with Crippen LogP contribution >= 0.6 is 0 Å². The fourth-order valence-corrected chi connectivity index (χ4v) is 1.80. The number of nitrogens with one attached hydrogen (secondary N) is 2. The third-order valence-electron chi connectivity index (χ3n) is 2.89. The Bertz CT molecular complexity index is 456. The predicted molar refractivity (Wildman–Crippen MR) is 60.5 cm³/mol. The summed E-state index contributed by atoms with van der Waals surface area (Å²) >= 11 is 0. The number of rotatable bonds is 2. The van der Waals surface area contributed by atoms with E-state index in [2.05, 4.69) is 26.8 Å². The van der Waals surface area contributed by atoms with E-state index in [9.17, 15) is 9.59 Å². The second-order valence-electron chi connectivity index (χ2n) is 4.18. The van der Waals surface area contributed by atoms with Gasteiger partial charge in [0.1, 0.15) is 0 Å². The lowest BCUT2D eigenvalue weighted by Crippen LogP contribution is -2.44. The van der Waals surface area contributed by atoms with Crippen LogP contribution in [0.3, 0.4) is 0 Å². The molecule has 1 fully saturated rings. The van der Waals surface area contributed by atoms with E-state index in [1.165, 1.54) is 6.20 Å². The molecule has 2 rings (SSSR count). The Balaban J connectivity index is 2.04. The number of hydrogen-bond donors (Lipinski definition) is 2. The Morgan fingerprint density at radius 1 is 1.25 bits per heavy atom. The summed E-state index contributed by atoms with van der Waals surface area (Å²) in [6.07, 6.45) is 1.50. The van der Waals surface area contributed by atoms with E-state index in [1.807, 2.05) is 0 Å². The van der Waals surface area contributed by atoms with Gasteiger partial charge in [-0.25, -0.2) is 4.79 Å². The van der Waals surface area contributed by atoms with Gasteiger partial charge < -0.3 is 9.88 Å². The Morgan fingerprint density at radius 2 is 1.94 bits per heavy atom. The minimum Gasteiger partial charge on any atom is -0.314 e. The van der Waals surface area contributed by atoms with E-state index in [0.717, 1.165) is 26.2 Å². The molecular weight excluding hydrogens is 208 g/mol. The van der Waals surface area contributed by atoms with E-state index in [4.69, 9.17) is 0 Å². The summed E-state index contributed by atoms with van der Waals surface area (Å²) in [4.78, 5) is 31.5. The standard InChI is InChI=1S/C10H16N4O2/c1-13-2-4-14(5-3-13)7-8-6-11-10(16)12-9(8)15/h6H,2-5,7H2,1H3,(H2,11,12,15,16). The fourth-order valence-electron chi connectivity index (χ4n) is 1.80. The SMILES string of the molecule is CN1CCN(Cc2c[nH]c(=O)[nH]c2=O)CC1. The molecule has 16 heavy (non-hydrogen) atoms. The molecule has 0 saturated carbocycles. The maximum atomic E-state index is 11.5. The molecule has 0 aromatic carbocycles. The average molecular weight is 224 g/mol. The zero-order valence-corrected chi connectivity index (χ0v) is 9.32. The number of aromatic nitrogens is 2. The normalized spacial score (nSPS) is 18.8. The highest BCUT2D eigenvalue weighted by Gasteiger charge is 2.14. The lowest BCUT2D eigenvalue weighted by atomic mass is 10.2. The minimum absolute atomic E-state index is 0.289. The van der Waals surface area contributed by atoms with Gasteiger partial charge in [0, 0.05) is 44.5 Å². The molecule has 2 heterocycles. The van der Waals surface area contributed by atoms with Gasteiger partial charge in [-0.15, -0.1) is 0 Å². The van der Waals surface area contributed by atoms with Crippen molar-refractivity contribution in [3.05, 3.63) is 32.6 Å². The molecule has 88 valence electrons. The Hall–Kier alpha value is -1.40. The van der Waals surface area contributed by atoms with E-state index in [0.29, 0.717) is 12.1 Å². The number of piperazine rings is 1. The van der Waals surface area contributed by atoms with Crippen molar-refractivity contribution < 1.29 is 0 Å². The smallest absolute Gasteiger partial charge is 0.314 e. The lowest BCUT2D eigenvalue weighted by molar-refractivity contribution is 0.147. The van der Waals surface area contributed by atoms with Gasteiger partial charge in [0.15, 0.2) is 0 Å². The molecule has 0 radical (unpaired) electrons. The van der Waals surface area contributed by atoms with Gasteiger partial charge >= 0.3 is 5.69 Å². The molecule has 1 aromatic heterocycles. The molecule has 0 unspecified atom stereocenters. The van der Waals surface area contributed by atoms with Crippen LogP contribution < -0.4 is 11.2 Å². The number of H-pyrrole nitrogens is 2. The van der Waals surface area contributed by atoms with Crippen molar-refractivity contribution >= 4 is 0 Å². The largest absolute Gasteiger partial charge is 0.325 e. The Kier molecular flexibility index (Phi) is 3.21. The number of aromatic amines is 2. The van der Waals surface area contributed by atoms with Crippen LogP contribution in [0, 0.1) is 0 Å². The molecular formula is C10H16N4O2. The van der Waals surface area contributed by atoms with Crippen LogP contribution in [0.1, 0.15) is 5.56 Å². The summed E-state index contributed by atoms with van der Waals surface area (Å²) in [7, 11) is 2.09. The monoisotopic (exact) mass is 224 g/mol. The molecule has 1 saturated heterocycles. The summed E-state index contributed by atoms with van der Waals surface area (Å²) in [5, 5.41) is 0. The van der Waals surface area contributed by atoms with E-state index < -0.39 is 5.69 Å². The van der Waals surface area contributed by atoms with Crippen LogP contribution in [0.15, 0.2) is 15.8 Å². The van der Waals surface area contributed by atoms with Crippen molar-refractivity contribution in [2.24, 2.45) is 0 Å². The molecule has 6 nitrogen and oxygen atoms in total. The van der Waals surface area contributed by atoms with Crippen LogP contribution in [0.4, 0.5) is 0 Å². The summed E-state index contributed by atoms with van der Waals surface area (Å²) < 4.78 is 0. The first-order valence-electron chi connectivity index (χ1n) is 5.37. The van der Waals surface area contributed by atoms with Crippen LogP contribution in [0.25, 0.3) is 0 Å². The maximum absolute atomic E-state index is 11.5. The Morgan fingerprint density at radius 3 is 2.56 bits per heavy atom. The molecule has 2 N–H and O–H groups in total. The fraction of sp³-hybridized carbons (Fsp3) is 0.600. The lowest BCUT2D eigenvalue weighted by Gasteiger charge is -2.31. The van der Waals surface area contributed by atoms with Gasteiger partial charge in [-0.05, 0) is 7.05 Å². The van der Waals surface area contributed by atoms with Gasteiger partial charge in [-0.1, -0.05) is 0 Å². The number of likely N-dealkylation sites (N-methyl/N-ethyl adjacent to an activating group) is 1. The average Bonchev–Trinajstić information content (AvgIpc) is 2.25. The molecule has 6 heteroatoms. The summed E-state index contributed by atoms with van der Waals surface area (Å²) in [6, 6.07) is 0. The van der Waals surface area contributed by atoms with Crippen molar-refractivity contribution in [2.45, 2.75) is 6.54 Å². The van der Waals surface area contributed by atoms with Crippen LogP contribution in [-0.2, 0) is 6.54 Å². The molecule has 0 bridgehead atoms. The summed E-state index contributed by atoms with van der Waals surface area (Å²) in [5.74, 6) is 0. The molecule has 0 aliphatic carbocycles. The van der Waals surface area contributed by atoms with Crippen molar-refractivity contribution in [3.63, 3.8) is 0 Å². The molecule has 0 atom stereocenters. The molecule has 1 aliphatic rings. The molecule has 1 aromatic rings. The van der Waals surface area contributed by atoms with Gasteiger partial charge in [0.2, 0.25) is 0 Å². The van der Waals surface area contributed by atoms with Crippen molar-refractivity contribution in [1.82, 2.24) is 19.8 Å². The second-order valence-corrected chi connectivity index (χ2v) is 4.18. The minimum atomic E-state index is -0.452. The van der Waals surface area contributed by atoms with Gasteiger partial charge in [-0.3, -0.25) is 14.7 Å².